The zero-order valence-electron chi connectivity index (χ0n) is 13.7. The topological polar surface area (TPSA) is 66.9 Å². The van der Waals surface area contributed by atoms with Crippen LogP contribution in [0.15, 0.2) is 61.2 Å². The van der Waals surface area contributed by atoms with Crippen molar-refractivity contribution < 1.29 is 4.79 Å². The number of halogens is 1. The molecule has 6 heteroatoms. The number of hydrogen-bond donors (Lipinski definition) is 2. The molecule has 1 aromatic carbocycles. The largest absolute Gasteiger partial charge is 0.354 e. The third-order valence-corrected chi connectivity index (χ3v) is 4.13. The standard InChI is InChI=1S/C19H17ClN4O/c1-13-17(20)5-2-6-18(13)24-16-8-15(11-22-12-16)19(25)23-10-14-4-3-7-21-9-14/h2-9,11-12,24H,10H2,1H3,(H,23,25). The average molecular weight is 353 g/mol. The number of pyridine rings is 2. The van der Waals surface area contributed by atoms with E-state index >= 15 is 0 Å². The van der Waals surface area contributed by atoms with Crippen molar-refractivity contribution in [2.45, 2.75) is 13.5 Å². The first-order valence-corrected chi connectivity index (χ1v) is 8.15. The summed E-state index contributed by atoms with van der Waals surface area (Å²) < 4.78 is 0. The molecule has 0 saturated carbocycles. The summed E-state index contributed by atoms with van der Waals surface area (Å²) in [6.07, 6.45) is 6.62. The molecule has 2 aromatic heterocycles. The summed E-state index contributed by atoms with van der Waals surface area (Å²) in [6, 6.07) is 11.1. The Labute approximate surface area is 151 Å². The molecule has 2 heterocycles. The van der Waals surface area contributed by atoms with Gasteiger partial charge in [-0.05, 0) is 42.3 Å². The van der Waals surface area contributed by atoms with Gasteiger partial charge < -0.3 is 10.6 Å². The number of amides is 1. The van der Waals surface area contributed by atoms with Gasteiger partial charge in [0.15, 0.2) is 0 Å². The Morgan fingerprint density at radius 1 is 1.12 bits per heavy atom. The molecule has 25 heavy (non-hydrogen) atoms. The Morgan fingerprint density at radius 2 is 2.00 bits per heavy atom. The first kappa shape index (κ1) is 16.9. The van der Waals surface area contributed by atoms with E-state index in [1.54, 1.807) is 24.7 Å². The Bertz CT molecular complexity index is 884. The molecule has 2 N–H and O–H groups in total. The fourth-order valence-corrected chi connectivity index (χ4v) is 2.49. The van der Waals surface area contributed by atoms with Crippen molar-refractivity contribution in [2.24, 2.45) is 0 Å². The van der Waals surface area contributed by atoms with E-state index in [1.807, 2.05) is 37.3 Å². The van der Waals surface area contributed by atoms with Gasteiger partial charge in [-0.25, -0.2) is 0 Å². The second-order valence-electron chi connectivity index (χ2n) is 5.54. The van der Waals surface area contributed by atoms with Gasteiger partial charge in [0.2, 0.25) is 0 Å². The van der Waals surface area contributed by atoms with Gasteiger partial charge in [-0.2, -0.15) is 0 Å². The number of rotatable bonds is 5. The minimum absolute atomic E-state index is 0.192. The predicted molar refractivity (Wildman–Crippen MR) is 99.1 cm³/mol. The van der Waals surface area contributed by atoms with Crippen molar-refractivity contribution in [3.05, 3.63) is 82.9 Å². The lowest BCUT2D eigenvalue weighted by atomic mass is 10.2. The monoisotopic (exact) mass is 352 g/mol. The molecule has 0 spiro atoms. The van der Waals surface area contributed by atoms with Gasteiger partial charge in [0, 0.05) is 35.8 Å². The summed E-state index contributed by atoms with van der Waals surface area (Å²) in [5, 5.41) is 6.79. The first-order chi connectivity index (χ1) is 12.1. The van der Waals surface area contributed by atoms with E-state index in [0.29, 0.717) is 17.1 Å². The normalized spacial score (nSPS) is 10.3. The van der Waals surface area contributed by atoms with Gasteiger partial charge in [-0.1, -0.05) is 23.7 Å². The maximum atomic E-state index is 12.3. The number of benzene rings is 1. The highest BCUT2D eigenvalue weighted by Gasteiger charge is 2.08. The van der Waals surface area contributed by atoms with Crippen molar-refractivity contribution in [3.8, 4) is 0 Å². The van der Waals surface area contributed by atoms with Crippen LogP contribution in [0.1, 0.15) is 21.5 Å². The van der Waals surface area contributed by atoms with Crippen LogP contribution in [0.4, 0.5) is 11.4 Å². The summed E-state index contributed by atoms with van der Waals surface area (Å²) in [6.45, 7) is 2.35. The molecule has 3 rings (SSSR count). The first-order valence-electron chi connectivity index (χ1n) is 7.78. The zero-order valence-corrected chi connectivity index (χ0v) is 14.4. The van der Waals surface area contributed by atoms with Crippen molar-refractivity contribution in [3.63, 3.8) is 0 Å². The van der Waals surface area contributed by atoms with Crippen molar-refractivity contribution in [1.29, 1.82) is 0 Å². The van der Waals surface area contributed by atoms with Crippen LogP contribution in [0, 0.1) is 6.92 Å². The minimum atomic E-state index is -0.192. The molecule has 0 saturated heterocycles. The van der Waals surface area contributed by atoms with Gasteiger partial charge in [0.1, 0.15) is 0 Å². The number of nitrogens with one attached hydrogen (secondary N) is 2. The smallest absolute Gasteiger partial charge is 0.253 e. The fraction of sp³-hybridized carbons (Fsp3) is 0.105. The minimum Gasteiger partial charge on any atom is -0.354 e. The number of carbonyl (C=O) groups is 1. The SMILES string of the molecule is Cc1c(Cl)cccc1Nc1cncc(C(=O)NCc2cccnc2)c1. The average Bonchev–Trinajstić information content (AvgIpc) is 2.64. The molecule has 3 aromatic rings. The van der Waals surface area contributed by atoms with Gasteiger partial charge in [-0.3, -0.25) is 14.8 Å². The Morgan fingerprint density at radius 3 is 2.80 bits per heavy atom. The molecular weight excluding hydrogens is 336 g/mol. The lowest BCUT2D eigenvalue weighted by molar-refractivity contribution is 0.0950. The molecule has 0 aliphatic carbocycles. The van der Waals surface area contributed by atoms with Crippen LogP contribution in [-0.2, 0) is 6.54 Å². The third kappa shape index (κ3) is 4.33. The van der Waals surface area contributed by atoms with E-state index in [4.69, 9.17) is 11.6 Å². The van der Waals surface area contributed by atoms with Crippen LogP contribution in [0.3, 0.4) is 0 Å². The quantitative estimate of drug-likeness (QED) is 0.725. The highest BCUT2D eigenvalue weighted by Crippen LogP contribution is 2.26. The Balaban J connectivity index is 1.70. The molecule has 0 atom stereocenters. The zero-order chi connectivity index (χ0) is 17.6. The molecule has 0 aliphatic rings. The van der Waals surface area contributed by atoms with Gasteiger partial charge in [0.25, 0.3) is 5.91 Å². The van der Waals surface area contributed by atoms with Crippen LogP contribution in [0.25, 0.3) is 0 Å². The second kappa shape index (κ2) is 7.77. The van der Waals surface area contributed by atoms with E-state index in [1.165, 1.54) is 6.20 Å². The molecule has 0 unspecified atom stereocenters. The lowest BCUT2D eigenvalue weighted by Crippen LogP contribution is -2.23. The van der Waals surface area contributed by atoms with E-state index < -0.39 is 0 Å². The Hall–Kier alpha value is -2.92. The molecular formula is C19H17ClN4O. The number of hydrogen-bond acceptors (Lipinski definition) is 4. The van der Waals surface area contributed by atoms with Gasteiger partial charge >= 0.3 is 0 Å². The molecule has 1 amide bonds. The third-order valence-electron chi connectivity index (χ3n) is 3.72. The van der Waals surface area contributed by atoms with E-state index in [-0.39, 0.29) is 5.91 Å². The fourth-order valence-electron chi connectivity index (χ4n) is 2.32. The molecule has 0 bridgehead atoms. The highest BCUT2D eigenvalue weighted by molar-refractivity contribution is 6.31. The molecule has 5 nitrogen and oxygen atoms in total. The van der Waals surface area contributed by atoms with Crippen molar-refractivity contribution >= 4 is 28.9 Å². The van der Waals surface area contributed by atoms with Crippen LogP contribution in [-0.4, -0.2) is 15.9 Å². The summed E-state index contributed by atoms with van der Waals surface area (Å²) in [5.74, 6) is -0.192. The van der Waals surface area contributed by atoms with Crippen molar-refractivity contribution in [2.75, 3.05) is 5.32 Å². The molecule has 126 valence electrons. The summed E-state index contributed by atoms with van der Waals surface area (Å²) in [7, 11) is 0. The molecule has 0 fully saturated rings. The number of anilines is 2. The molecule has 0 radical (unpaired) electrons. The summed E-state index contributed by atoms with van der Waals surface area (Å²) in [5.41, 5.74) is 3.96. The van der Waals surface area contributed by atoms with Crippen LogP contribution in [0.5, 0.6) is 0 Å². The van der Waals surface area contributed by atoms with Crippen LogP contribution in [0.2, 0.25) is 5.02 Å². The Kier molecular flexibility index (Phi) is 5.26. The van der Waals surface area contributed by atoms with E-state index in [0.717, 1.165) is 22.5 Å². The van der Waals surface area contributed by atoms with E-state index in [2.05, 4.69) is 20.6 Å². The summed E-state index contributed by atoms with van der Waals surface area (Å²) >= 11 is 6.14. The van der Waals surface area contributed by atoms with Gasteiger partial charge in [-0.15, -0.1) is 0 Å². The highest BCUT2D eigenvalue weighted by atomic mass is 35.5. The van der Waals surface area contributed by atoms with Crippen LogP contribution >= 0.6 is 11.6 Å². The maximum absolute atomic E-state index is 12.3. The van der Waals surface area contributed by atoms with Crippen molar-refractivity contribution in [1.82, 2.24) is 15.3 Å². The lowest BCUT2D eigenvalue weighted by Gasteiger charge is -2.11. The second-order valence-corrected chi connectivity index (χ2v) is 5.95. The maximum Gasteiger partial charge on any atom is 0.253 e. The number of nitrogens with zero attached hydrogens (tertiary/aromatic N) is 2. The van der Waals surface area contributed by atoms with E-state index in [9.17, 15) is 4.79 Å². The van der Waals surface area contributed by atoms with Crippen LogP contribution < -0.4 is 10.6 Å². The predicted octanol–water partition coefficient (Wildman–Crippen LogP) is 4.11. The number of aromatic nitrogens is 2. The molecule has 0 aliphatic heterocycles. The number of carbonyl (C=O) groups excluding carboxylic acids is 1. The van der Waals surface area contributed by atoms with Gasteiger partial charge in [0.05, 0.1) is 17.4 Å². The summed E-state index contributed by atoms with van der Waals surface area (Å²) in [4.78, 5) is 20.5.